The Kier molecular flexibility index (Phi) is 5.77. The van der Waals surface area contributed by atoms with Gasteiger partial charge in [0.2, 0.25) is 0 Å². The van der Waals surface area contributed by atoms with E-state index in [1.807, 2.05) is 6.92 Å². The fraction of sp³-hybridized carbons (Fsp3) is 0.318. The summed E-state index contributed by atoms with van der Waals surface area (Å²) in [5.74, 6) is -3.16. The number of nitrogens with zero attached hydrogens (tertiary/aromatic N) is 3. The van der Waals surface area contributed by atoms with E-state index in [2.05, 4.69) is 20.7 Å². The van der Waals surface area contributed by atoms with Gasteiger partial charge < -0.3 is 10.6 Å². The second-order valence-electron chi connectivity index (χ2n) is 7.70. The topological polar surface area (TPSA) is 71.8 Å². The number of halogens is 3. The van der Waals surface area contributed by atoms with Crippen LogP contribution >= 0.6 is 0 Å². The van der Waals surface area contributed by atoms with Gasteiger partial charge in [-0.3, -0.25) is 14.5 Å². The number of aromatic nitrogens is 3. The molecule has 0 radical (unpaired) electrons. The van der Waals surface area contributed by atoms with Crippen LogP contribution in [0.25, 0.3) is 11.3 Å². The molecule has 0 aliphatic carbocycles. The molecular formula is C22H22F3N5O. The number of carbonyl (C=O) groups excluding carboxylic acids is 1. The van der Waals surface area contributed by atoms with Crippen molar-refractivity contribution in [1.29, 1.82) is 0 Å². The smallest absolute Gasteiger partial charge is 0.270 e. The van der Waals surface area contributed by atoms with Crippen molar-refractivity contribution in [1.82, 2.24) is 25.4 Å². The molecule has 1 aromatic carbocycles. The SMILES string of the molecule is Cc1cnn(C)c1-c1cnc(C(=O)N[C@@H]2CNCC[C@H]2c2ccc(F)c(F)c2)cc1F. The lowest BCUT2D eigenvalue weighted by Crippen LogP contribution is -2.50. The van der Waals surface area contributed by atoms with Crippen LogP contribution < -0.4 is 10.6 Å². The summed E-state index contributed by atoms with van der Waals surface area (Å²) in [6.07, 6.45) is 3.58. The lowest BCUT2D eigenvalue weighted by Gasteiger charge is -2.33. The van der Waals surface area contributed by atoms with Gasteiger partial charge in [-0.15, -0.1) is 0 Å². The second kappa shape index (κ2) is 8.50. The molecule has 31 heavy (non-hydrogen) atoms. The quantitative estimate of drug-likeness (QED) is 0.669. The third-order valence-corrected chi connectivity index (χ3v) is 5.63. The molecule has 2 aromatic heterocycles. The highest BCUT2D eigenvalue weighted by Gasteiger charge is 2.29. The normalized spacial score (nSPS) is 18.7. The molecule has 6 nitrogen and oxygen atoms in total. The van der Waals surface area contributed by atoms with Crippen LogP contribution in [0.1, 0.15) is 34.0 Å². The zero-order chi connectivity index (χ0) is 22.1. The monoisotopic (exact) mass is 429 g/mol. The maximum atomic E-state index is 14.8. The molecule has 0 spiro atoms. The highest BCUT2D eigenvalue weighted by molar-refractivity contribution is 5.93. The Bertz CT molecular complexity index is 1110. The molecule has 0 saturated carbocycles. The van der Waals surface area contributed by atoms with E-state index < -0.39 is 23.4 Å². The highest BCUT2D eigenvalue weighted by atomic mass is 19.2. The van der Waals surface area contributed by atoms with Crippen LogP contribution in [0.15, 0.2) is 36.7 Å². The van der Waals surface area contributed by atoms with Crippen LogP contribution in [0.5, 0.6) is 0 Å². The molecule has 3 aromatic rings. The fourth-order valence-electron chi connectivity index (χ4n) is 4.06. The molecule has 1 aliphatic heterocycles. The van der Waals surface area contributed by atoms with Crippen LogP contribution in [0.4, 0.5) is 13.2 Å². The number of aryl methyl sites for hydroxylation is 2. The molecule has 4 rings (SSSR count). The summed E-state index contributed by atoms with van der Waals surface area (Å²) >= 11 is 0. The molecule has 1 aliphatic rings. The first-order valence-electron chi connectivity index (χ1n) is 9.96. The molecule has 1 saturated heterocycles. The van der Waals surface area contributed by atoms with Gasteiger partial charge >= 0.3 is 0 Å². The lowest BCUT2D eigenvalue weighted by molar-refractivity contribution is 0.0919. The van der Waals surface area contributed by atoms with Gasteiger partial charge in [-0.1, -0.05) is 6.07 Å². The third kappa shape index (κ3) is 4.18. The summed E-state index contributed by atoms with van der Waals surface area (Å²) in [5.41, 5.74) is 2.19. The fourth-order valence-corrected chi connectivity index (χ4v) is 4.06. The van der Waals surface area contributed by atoms with E-state index in [0.717, 1.165) is 23.8 Å². The first-order valence-corrected chi connectivity index (χ1v) is 9.96. The van der Waals surface area contributed by atoms with E-state index in [-0.39, 0.29) is 23.2 Å². The van der Waals surface area contributed by atoms with Crippen molar-refractivity contribution in [2.45, 2.75) is 25.3 Å². The minimum atomic E-state index is -0.925. The lowest BCUT2D eigenvalue weighted by atomic mass is 9.86. The average Bonchev–Trinajstić information content (AvgIpc) is 3.08. The minimum absolute atomic E-state index is 0.0596. The summed E-state index contributed by atoms with van der Waals surface area (Å²) in [5, 5.41) is 10.1. The molecule has 162 valence electrons. The Morgan fingerprint density at radius 3 is 2.65 bits per heavy atom. The van der Waals surface area contributed by atoms with Gasteiger partial charge in [0.1, 0.15) is 11.5 Å². The number of hydrogen-bond acceptors (Lipinski definition) is 4. The van der Waals surface area contributed by atoms with Gasteiger partial charge in [-0.2, -0.15) is 5.10 Å². The van der Waals surface area contributed by atoms with E-state index >= 15 is 0 Å². The molecule has 1 fully saturated rings. The number of amides is 1. The zero-order valence-corrected chi connectivity index (χ0v) is 17.1. The number of benzene rings is 1. The second-order valence-corrected chi connectivity index (χ2v) is 7.70. The van der Waals surface area contributed by atoms with Crippen LogP contribution in [-0.4, -0.2) is 39.8 Å². The highest BCUT2D eigenvalue weighted by Crippen LogP contribution is 2.28. The van der Waals surface area contributed by atoms with E-state index in [0.29, 0.717) is 30.8 Å². The van der Waals surface area contributed by atoms with Crippen molar-refractivity contribution in [2.75, 3.05) is 13.1 Å². The standard InChI is InChI=1S/C22H22F3N5O/c1-12-9-28-30(2)21(12)15-10-27-19(8-17(15)24)22(31)29-20-11-26-6-5-14(20)13-3-4-16(23)18(25)7-13/h3-4,7-10,14,20,26H,5-6,11H2,1-2H3,(H,29,31)/t14-,20+/m0/s1. The van der Waals surface area contributed by atoms with Crippen LogP contribution in [0.3, 0.4) is 0 Å². The van der Waals surface area contributed by atoms with Crippen LogP contribution in [0, 0.1) is 24.4 Å². The summed E-state index contributed by atoms with van der Waals surface area (Å²) in [6.45, 7) is 2.95. The average molecular weight is 429 g/mol. The number of piperidine rings is 1. The maximum absolute atomic E-state index is 14.8. The van der Waals surface area contributed by atoms with Crippen LogP contribution in [-0.2, 0) is 7.05 Å². The van der Waals surface area contributed by atoms with E-state index in [1.54, 1.807) is 17.9 Å². The molecule has 3 heterocycles. The molecule has 0 unspecified atom stereocenters. The number of nitrogens with one attached hydrogen (secondary N) is 2. The summed E-state index contributed by atoms with van der Waals surface area (Å²) in [4.78, 5) is 16.9. The third-order valence-electron chi connectivity index (χ3n) is 5.63. The maximum Gasteiger partial charge on any atom is 0.270 e. The summed E-state index contributed by atoms with van der Waals surface area (Å²) in [6, 6.07) is 4.49. The van der Waals surface area contributed by atoms with Crippen molar-refractivity contribution < 1.29 is 18.0 Å². The first-order chi connectivity index (χ1) is 14.8. The molecule has 9 heteroatoms. The molecular weight excluding hydrogens is 407 g/mol. The Balaban J connectivity index is 1.55. The Labute approximate surface area is 177 Å². The first kappa shape index (κ1) is 21.0. The summed E-state index contributed by atoms with van der Waals surface area (Å²) in [7, 11) is 1.71. The van der Waals surface area contributed by atoms with E-state index in [4.69, 9.17) is 0 Å². The van der Waals surface area contributed by atoms with Crippen molar-refractivity contribution in [3.63, 3.8) is 0 Å². The Morgan fingerprint density at radius 1 is 1.16 bits per heavy atom. The number of pyridine rings is 1. The minimum Gasteiger partial charge on any atom is -0.346 e. The van der Waals surface area contributed by atoms with Gasteiger partial charge in [-0.25, -0.2) is 13.2 Å². The van der Waals surface area contributed by atoms with Gasteiger partial charge in [0, 0.05) is 37.8 Å². The predicted octanol–water partition coefficient (Wildman–Crippen LogP) is 3.08. The number of hydrogen-bond donors (Lipinski definition) is 2. The van der Waals surface area contributed by atoms with Crippen LogP contribution in [0.2, 0.25) is 0 Å². The van der Waals surface area contributed by atoms with Crippen molar-refractivity contribution in [2.24, 2.45) is 7.05 Å². The summed E-state index contributed by atoms with van der Waals surface area (Å²) < 4.78 is 43.4. The largest absolute Gasteiger partial charge is 0.346 e. The predicted molar refractivity (Wildman–Crippen MR) is 109 cm³/mol. The molecule has 2 N–H and O–H groups in total. The number of rotatable bonds is 4. The number of carbonyl (C=O) groups is 1. The Hall–Kier alpha value is -3.20. The van der Waals surface area contributed by atoms with E-state index in [9.17, 15) is 18.0 Å². The Morgan fingerprint density at radius 2 is 1.97 bits per heavy atom. The molecule has 2 atom stereocenters. The zero-order valence-electron chi connectivity index (χ0n) is 17.1. The van der Waals surface area contributed by atoms with Gasteiger partial charge in [0.25, 0.3) is 5.91 Å². The molecule has 0 bridgehead atoms. The van der Waals surface area contributed by atoms with Gasteiger partial charge in [-0.05, 0) is 43.1 Å². The van der Waals surface area contributed by atoms with Crippen molar-refractivity contribution >= 4 is 5.91 Å². The van der Waals surface area contributed by atoms with Crippen molar-refractivity contribution in [3.8, 4) is 11.3 Å². The molecule has 1 amide bonds. The van der Waals surface area contributed by atoms with Crippen molar-refractivity contribution in [3.05, 3.63) is 70.9 Å². The van der Waals surface area contributed by atoms with Gasteiger partial charge in [0.05, 0.1) is 17.5 Å². The van der Waals surface area contributed by atoms with E-state index in [1.165, 1.54) is 12.3 Å². The van der Waals surface area contributed by atoms with Gasteiger partial charge in [0.15, 0.2) is 11.6 Å².